The van der Waals surface area contributed by atoms with Crippen LogP contribution in [0.2, 0.25) is 0 Å². The van der Waals surface area contributed by atoms with Crippen molar-refractivity contribution in [2.45, 2.75) is 0 Å². The van der Waals surface area contributed by atoms with Gasteiger partial charge in [0.1, 0.15) is 5.75 Å². The molecular weight excluding hydrogens is 593 g/mol. The molecule has 3 aromatic carbocycles. The summed E-state index contributed by atoms with van der Waals surface area (Å²) in [6.45, 7) is 1.34. The van der Waals surface area contributed by atoms with Crippen molar-refractivity contribution >= 4 is 86.4 Å². The highest BCUT2D eigenvalue weighted by molar-refractivity contribution is 8.93. The summed E-state index contributed by atoms with van der Waals surface area (Å²) in [6.07, 6.45) is 0. The number of nitrogens with zero attached hydrogens (tertiary/aromatic N) is 2. The summed E-state index contributed by atoms with van der Waals surface area (Å²) >= 11 is 0. The van der Waals surface area contributed by atoms with Crippen molar-refractivity contribution in [1.82, 2.24) is 15.2 Å². The average molecular weight is 620 g/mol. The lowest BCUT2D eigenvalue weighted by molar-refractivity contribution is 0.0952. The maximum absolute atomic E-state index is 12.9. The molecule has 1 heterocycles. The molecule has 0 unspecified atom stereocenters. The molecular formula is C24H27Br2Cl2N3O2. The van der Waals surface area contributed by atoms with Crippen LogP contribution in [0.5, 0.6) is 5.75 Å². The normalized spacial score (nSPS) is 9.91. The molecule has 0 saturated carbocycles. The molecule has 0 radical (unpaired) electrons. The van der Waals surface area contributed by atoms with Gasteiger partial charge in [-0.3, -0.25) is 4.79 Å². The lowest BCUT2D eigenvalue weighted by Gasteiger charge is -2.14. The molecule has 0 bridgehead atoms. The highest BCUT2D eigenvalue weighted by atomic mass is 79.9. The van der Waals surface area contributed by atoms with Gasteiger partial charge >= 0.3 is 0 Å². The first-order valence-corrected chi connectivity index (χ1v) is 9.58. The van der Waals surface area contributed by atoms with Gasteiger partial charge in [0.25, 0.3) is 5.91 Å². The van der Waals surface area contributed by atoms with Crippen LogP contribution in [0.15, 0.2) is 66.7 Å². The summed E-state index contributed by atoms with van der Waals surface area (Å²) < 4.78 is 0. The van der Waals surface area contributed by atoms with Crippen LogP contribution in [-0.2, 0) is 0 Å². The Morgan fingerprint density at radius 1 is 0.879 bits per heavy atom. The third-order valence-corrected chi connectivity index (χ3v) is 4.96. The van der Waals surface area contributed by atoms with Gasteiger partial charge in [0, 0.05) is 29.4 Å². The van der Waals surface area contributed by atoms with E-state index in [9.17, 15) is 9.90 Å². The Bertz CT molecular complexity index is 1210. The highest BCUT2D eigenvalue weighted by Gasteiger charge is 2.16. The van der Waals surface area contributed by atoms with Crippen molar-refractivity contribution in [2.24, 2.45) is 0 Å². The van der Waals surface area contributed by atoms with Crippen molar-refractivity contribution in [3.05, 3.63) is 72.3 Å². The van der Waals surface area contributed by atoms with Crippen LogP contribution in [0.3, 0.4) is 0 Å². The molecule has 0 atom stereocenters. The van der Waals surface area contributed by atoms with E-state index in [-0.39, 0.29) is 70.4 Å². The predicted molar refractivity (Wildman–Crippen MR) is 152 cm³/mol. The first-order valence-electron chi connectivity index (χ1n) is 9.58. The van der Waals surface area contributed by atoms with Crippen LogP contribution < -0.4 is 5.32 Å². The number of phenolic OH excluding ortho intramolecular Hbond substituents is 1. The molecule has 9 heteroatoms. The number of carbonyl (C=O) groups excluding carboxylic acids is 1. The number of aromatic nitrogens is 1. The fourth-order valence-electron chi connectivity index (χ4n) is 3.49. The van der Waals surface area contributed by atoms with Crippen molar-refractivity contribution in [3.8, 4) is 17.0 Å². The molecule has 0 spiro atoms. The zero-order valence-corrected chi connectivity index (χ0v) is 23.2. The van der Waals surface area contributed by atoms with Crippen LogP contribution >= 0.6 is 58.8 Å². The van der Waals surface area contributed by atoms with Crippen LogP contribution in [0.4, 0.5) is 0 Å². The number of benzene rings is 3. The Morgan fingerprint density at radius 2 is 1.48 bits per heavy atom. The van der Waals surface area contributed by atoms with E-state index in [1.165, 1.54) is 0 Å². The summed E-state index contributed by atoms with van der Waals surface area (Å²) in [7, 11) is 3.95. The SMILES string of the molecule is Br.Br.CN(C)CCNC(=O)c1cccc2c1nc(-c1ccc(O)cc1)c1ccccc12.Cl.Cl. The number of amides is 1. The Kier molecular flexibility index (Phi) is 12.9. The van der Waals surface area contributed by atoms with Gasteiger partial charge in [-0.15, -0.1) is 58.8 Å². The van der Waals surface area contributed by atoms with Gasteiger partial charge < -0.3 is 15.3 Å². The van der Waals surface area contributed by atoms with E-state index in [2.05, 4.69) is 11.4 Å². The van der Waals surface area contributed by atoms with Gasteiger partial charge in [-0.25, -0.2) is 4.98 Å². The molecule has 1 amide bonds. The minimum Gasteiger partial charge on any atom is -0.508 e. The molecule has 0 aliphatic carbocycles. The van der Waals surface area contributed by atoms with E-state index < -0.39 is 0 Å². The van der Waals surface area contributed by atoms with Crippen LogP contribution in [0.1, 0.15) is 10.4 Å². The topological polar surface area (TPSA) is 65.5 Å². The Morgan fingerprint density at radius 3 is 2.12 bits per heavy atom. The first kappa shape index (κ1) is 31.1. The maximum atomic E-state index is 12.9. The Hall–Kier alpha value is -1.90. The summed E-state index contributed by atoms with van der Waals surface area (Å²) in [5, 5.41) is 15.6. The fourth-order valence-corrected chi connectivity index (χ4v) is 3.49. The second-order valence-electron chi connectivity index (χ2n) is 7.31. The number of halogens is 4. The number of aromatic hydroxyl groups is 1. The summed E-state index contributed by atoms with van der Waals surface area (Å²) in [5.74, 6) is 0.0803. The number of likely N-dealkylation sites (N-methyl/N-ethyl adjacent to an activating group) is 1. The van der Waals surface area contributed by atoms with Crippen molar-refractivity contribution in [3.63, 3.8) is 0 Å². The molecule has 178 valence electrons. The maximum Gasteiger partial charge on any atom is 0.253 e. The van der Waals surface area contributed by atoms with E-state index in [4.69, 9.17) is 4.98 Å². The third-order valence-electron chi connectivity index (χ3n) is 4.96. The third kappa shape index (κ3) is 6.80. The second-order valence-corrected chi connectivity index (χ2v) is 7.31. The number of hydrogen-bond acceptors (Lipinski definition) is 4. The molecule has 2 N–H and O–H groups in total. The number of phenols is 1. The molecule has 1 aromatic heterocycles. The summed E-state index contributed by atoms with van der Waals surface area (Å²) in [4.78, 5) is 19.8. The molecule has 0 aliphatic rings. The molecule has 0 aliphatic heterocycles. The zero-order chi connectivity index (χ0) is 20.4. The van der Waals surface area contributed by atoms with E-state index in [0.717, 1.165) is 34.0 Å². The summed E-state index contributed by atoms with van der Waals surface area (Å²) in [6, 6.07) is 20.8. The van der Waals surface area contributed by atoms with Gasteiger partial charge in [-0.2, -0.15) is 0 Å². The molecule has 4 rings (SSSR count). The molecule has 5 nitrogen and oxygen atoms in total. The van der Waals surface area contributed by atoms with Gasteiger partial charge in [0.2, 0.25) is 0 Å². The van der Waals surface area contributed by atoms with Crippen molar-refractivity contribution in [2.75, 3.05) is 27.2 Å². The second kappa shape index (κ2) is 13.7. The predicted octanol–water partition coefficient (Wildman–Crippen LogP) is 6.05. The zero-order valence-electron chi connectivity index (χ0n) is 18.1. The number of nitrogens with one attached hydrogen (secondary N) is 1. The summed E-state index contributed by atoms with van der Waals surface area (Å²) in [5.41, 5.74) is 2.93. The van der Waals surface area contributed by atoms with E-state index in [1.807, 2.05) is 67.5 Å². The lowest BCUT2D eigenvalue weighted by Crippen LogP contribution is -2.31. The number of carbonyl (C=O) groups is 1. The highest BCUT2D eigenvalue weighted by Crippen LogP contribution is 2.34. The van der Waals surface area contributed by atoms with E-state index in [0.29, 0.717) is 17.6 Å². The van der Waals surface area contributed by atoms with Crippen LogP contribution in [-0.4, -0.2) is 48.1 Å². The Labute approximate surface area is 226 Å². The number of para-hydroxylation sites is 1. The van der Waals surface area contributed by atoms with Crippen LogP contribution in [0, 0.1) is 0 Å². The van der Waals surface area contributed by atoms with Gasteiger partial charge in [0.15, 0.2) is 0 Å². The first-order chi connectivity index (χ1) is 14.0. The minimum atomic E-state index is -0.128. The van der Waals surface area contributed by atoms with Gasteiger partial charge in [-0.05, 0) is 49.8 Å². The Balaban J connectivity index is 0.00000256. The van der Waals surface area contributed by atoms with Gasteiger partial charge in [0.05, 0.1) is 16.8 Å². The molecule has 4 aromatic rings. The van der Waals surface area contributed by atoms with Crippen LogP contribution in [0.25, 0.3) is 32.9 Å². The largest absolute Gasteiger partial charge is 0.508 e. The van der Waals surface area contributed by atoms with Crippen molar-refractivity contribution in [1.29, 1.82) is 0 Å². The van der Waals surface area contributed by atoms with Gasteiger partial charge in [-0.1, -0.05) is 36.4 Å². The van der Waals surface area contributed by atoms with E-state index >= 15 is 0 Å². The smallest absolute Gasteiger partial charge is 0.253 e. The fraction of sp³-hybridized carbons (Fsp3) is 0.167. The lowest BCUT2D eigenvalue weighted by atomic mass is 9.98. The van der Waals surface area contributed by atoms with Crippen molar-refractivity contribution < 1.29 is 9.90 Å². The minimum absolute atomic E-state index is 0. The standard InChI is InChI=1S/C24H23N3O2.2BrH.2ClH/c1-27(2)15-14-25-24(29)21-9-5-8-20-18-6-3-4-7-19(18)22(26-23(20)21)16-10-12-17(28)13-11-16;;;;/h3-13,28H,14-15H2,1-2H3,(H,25,29);4*1H. The molecule has 0 fully saturated rings. The number of hydrogen-bond donors (Lipinski definition) is 2. The quantitative estimate of drug-likeness (QED) is 0.267. The molecule has 33 heavy (non-hydrogen) atoms. The number of rotatable bonds is 5. The van der Waals surface area contributed by atoms with E-state index in [1.54, 1.807) is 12.1 Å². The number of fused-ring (bicyclic) bond motifs is 3. The molecule has 0 saturated heterocycles. The monoisotopic (exact) mass is 617 g/mol. The average Bonchev–Trinajstić information content (AvgIpc) is 2.73. The number of pyridine rings is 1.